The fourth-order valence-corrected chi connectivity index (χ4v) is 8.82. The lowest BCUT2D eigenvalue weighted by atomic mass is 9.84. The Morgan fingerprint density at radius 1 is 1.00 bits per heavy atom. The monoisotopic (exact) mass is 607 g/mol. The fourth-order valence-electron chi connectivity index (χ4n) is 6.73. The number of hydrogen-bond acceptors (Lipinski definition) is 8. The maximum Gasteiger partial charge on any atom is 0.248 e. The summed E-state index contributed by atoms with van der Waals surface area (Å²) >= 11 is 0. The van der Waals surface area contributed by atoms with Gasteiger partial charge in [-0.15, -0.1) is 0 Å². The second kappa shape index (κ2) is 14.0. The van der Waals surface area contributed by atoms with E-state index in [2.05, 4.69) is 22.2 Å². The number of piperazine rings is 1. The molecule has 3 saturated heterocycles. The summed E-state index contributed by atoms with van der Waals surface area (Å²) in [6, 6.07) is 3.18. The molecule has 1 N–H and O–H groups in total. The number of nitrogens with one attached hydrogen (secondary N) is 1. The molecule has 1 aromatic rings. The number of likely N-dealkylation sites (tertiary alicyclic amines) is 1. The third kappa shape index (κ3) is 7.45. The van der Waals surface area contributed by atoms with E-state index in [0.29, 0.717) is 54.4 Å². The van der Waals surface area contributed by atoms with Crippen LogP contribution in [-0.2, 0) is 24.3 Å². The largest absolute Gasteiger partial charge is 0.497 e. The van der Waals surface area contributed by atoms with E-state index >= 15 is 0 Å². The van der Waals surface area contributed by atoms with Crippen LogP contribution in [-0.4, -0.2) is 131 Å². The van der Waals surface area contributed by atoms with Crippen molar-refractivity contribution in [2.75, 3.05) is 79.7 Å². The summed E-state index contributed by atoms with van der Waals surface area (Å²) in [5.74, 6) is 0.523. The van der Waals surface area contributed by atoms with Gasteiger partial charge < -0.3 is 24.6 Å². The molecule has 1 atom stereocenters. The van der Waals surface area contributed by atoms with Gasteiger partial charge in [0.05, 0.1) is 18.6 Å². The van der Waals surface area contributed by atoms with Gasteiger partial charge in [0.15, 0.2) is 0 Å². The molecule has 1 aromatic carbocycles. The molecule has 0 aliphatic carbocycles. The Morgan fingerprint density at radius 2 is 1.64 bits per heavy atom. The summed E-state index contributed by atoms with van der Waals surface area (Å²) < 4.78 is 40.4. The smallest absolute Gasteiger partial charge is 0.248 e. The summed E-state index contributed by atoms with van der Waals surface area (Å²) in [6.07, 6.45) is 3.99. The van der Waals surface area contributed by atoms with E-state index in [0.717, 1.165) is 51.9 Å². The van der Waals surface area contributed by atoms with Crippen LogP contribution < -0.4 is 10.1 Å². The van der Waals surface area contributed by atoms with E-state index in [1.165, 1.54) is 0 Å². The topological polar surface area (TPSA) is 112 Å². The van der Waals surface area contributed by atoms with Crippen molar-refractivity contribution in [1.82, 2.24) is 24.3 Å². The number of nitrogens with zero attached hydrogens (tertiary/aromatic N) is 4. The number of sulfonamides is 1. The molecule has 3 aliphatic heterocycles. The molecule has 0 spiro atoms. The number of benzene rings is 1. The third-order valence-electron chi connectivity index (χ3n) is 9.23. The van der Waals surface area contributed by atoms with Crippen molar-refractivity contribution in [1.29, 1.82) is 0 Å². The number of piperidine rings is 2. The molecule has 236 valence electrons. The number of carbonyl (C=O) groups excluding carboxylic acids is 2. The maximum atomic E-state index is 13.8. The number of likely N-dealkylation sites (N-methyl/N-ethyl adjacent to an activating group) is 1. The van der Waals surface area contributed by atoms with Gasteiger partial charge in [-0.1, -0.05) is 6.42 Å². The first-order valence-corrected chi connectivity index (χ1v) is 16.6. The van der Waals surface area contributed by atoms with E-state index < -0.39 is 10.0 Å². The van der Waals surface area contributed by atoms with Crippen molar-refractivity contribution >= 4 is 21.8 Å². The van der Waals surface area contributed by atoms with Gasteiger partial charge in [-0.05, 0) is 69.8 Å². The highest BCUT2D eigenvalue weighted by molar-refractivity contribution is 7.89. The zero-order valence-electron chi connectivity index (χ0n) is 26.0. The average Bonchev–Trinajstić information content (AvgIpc) is 2.96. The number of methoxy groups -OCH3 is 1. The number of ether oxygens (including phenoxy) is 2. The molecule has 0 aromatic heterocycles. The normalized spacial score (nSPS) is 22.6. The Balaban J connectivity index is 1.34. The predicted molar refractivity (Wildman–Crippen MR) is 161 cm³/mol. The van der Waals surface area contributed by atoms with E-state index in [9.17, 15) is 18.0 Å². The van der Waals surface area contributed by atoms with Crippen LogP contribution in [0.25, 0.3) is 0 Å². The molecular formula is C30H49N5O6S. The van der Waals surface area contributed by atoms with Gasteiger partial charge in [0, 0.05) is 70.9 Å². The third-order valence-corrected chi connectivity index (χ3v) is 11.5. The van der Waals surface area contributed by atoms with E-state index in [1.54, 1.807) is 44.3 Å². The zero-order chi connectivity index (χ0) is 30.5. The SMILES string of the molecule is COc1cc(C)c(S(=O)(=O)N2CCCCC2COCC(=O)N2CCC(CNC(C)=O)(N3CCN(C)CC3)CC2)c(C)c1. The lowest BCUT2D eigenvalue weighted by molar-refractivity contribution is -0.140. The molecule has 0 saturated carbocycles. The number of rotatable bonds is 10. The van der Waals surface area contributed by atoms with Crippen molar-refractivity contribution < 1.29 is 27.5 Å². The first kappa shape index (κ1) is 32.7. The van der Waals surface area contributed by atoms with Crippen LogP contribution in [0.15, 0.2) is 17.0 Å². The van der Waals surface area contributed by atoms with Gasteiger partial charge in [-0.3, -0.25) is 14.5 Å². The fraction of sp³-hybridized carbons (Fsp3) is 0.733. The molecule has 11 nitrogen and oxygen atoms in total. The summed E-state index contributed by atoms with van der Waals surface area (Å²) in [7, 11) is -0.0447. The first-order valence-electron chi connectivity index (χ1n) is 15.2. The number of amides is 2. The zero-order valence-corrected chi connectivity index (χ0v) is 26.8. The Bertz CT molecular complexity index is 1190. The first-order chi connectivity index (χ1) is 20.0. The lowest BCUT2D eigenvalue weighted by Gasteiger charge is -2.51. The van der Waals surface area contributed by atoms with Crippen molar-refractivity contribution in [3.8, 4) is 5.75 Å². The van der Waals surface area contributed by atoms with Crippen LogP contribution in [0.1, 0.15) is 50.2 Å². The highest BCUT2D eigenvalue weighted by Crippen LogP contribution is 2.33. The summed E-state index contributed by atoms with van der Waals surface area (Å²) in [4.78, 5) is 31.9. The van der Waals surface area contributed by atoms with Gasteiger partial charge in [-0.25, -0.2) is 8.42 Å². The maximum absolute atomic E-state index is 13.8. The molecule has 0 radical (unpaired) electrons. The van der Waals surface area contributed by atoms with Crippen LogP contribution in [0.3, 0.4) is 0 Å². The number of carbonyl (C=O) groups is 2. The van der Waals surface area contributed by atoms with E-state index in [1.807, 2.05) is 4.90 Å². The van der Waals surface area contributed by atoms with Gasteiger partial charge in [0.2, 0.25) is 21.8 Å². The number of hydrogen-bond donors (Lipinski definition) is 1. The molecule has 42 heavy (non-hydrogen) atoms. The highest BCUT2D eigenvalue weighted by atomic mass is 32.2. The molecule has 3 fully saturated rings. The predicted octanol–water partition coefficient (Wildman–Crippen LogP) is 1.62. The minimum absolute atomic E-state index is 0.0357. The molecule has 2 amide bonds. The lowest BCUT2D eigenvalue weighted by Crippen LogP contribution is -2.64. The summed E-state index contributed by atoms with van der Waals surface area (Å²) in [5.41, 5.74) is 1.16. The minimum atomic E-state index is -3.74. The molecule has 12 heteroatoms. The van der Waals surface area contributed by atoms with Crippen molar-refractivity contribution in [2.45, 2.75) is 69.4 Å². The second-order valence-electron chi connectivity index (χ2n) is 12.2. The molecule has 3 heterocycles. The van der Waals surface area contributed by atoms with Crippen LogP contribution in [0.4, 0.5) is 0 Å². The van der Waals surface area contributed by atoms with Gasteiger partial charge >= 0.3 is 0 Å². The molecule has 0 bridgehead atoms. The average molecular weight is 608 g/mol. The molecule has 3 aliphatic rings. The highest BCUT2D eigenvalue weighted by Gasteiger charge is 2.42. The Morgan fingerprint density at radius 3 is 2.24 bits per heavy atom. The van der Waals surface area contributed by atoms with Crippen LogP contribution in [0, 0.1) is 13.8 Å². The number of aryl methyl sites for hydroxylation is 2. The minimum Gasteiger partial charge on any atom is -0.497 e. The Kier molecular flexibility index (Phi) is 10.9. The van der Waals surface area contributed by atoms with E-state index in [4.69, 9.17) is 9.47 Å². The van der Waals surface area contributed by atoms with Gasteiger partial charge in [0.1, 0.15) is 12.4 Å². The van der Waals surface area contributed by atoms with Crippen molar-refractivity contribution in [3.05, 3.63) is 23.3 Å². The van der Waals surface area contributed by atoms with Gasteiger partial charge in [-0.2, -0.15) is 4.31 Å². The van der Waals surface area contributed by atoms with Crippen molar-refractivity contribution in [2.24, 2.45) is 0 Å². The standard InChI is InChI=1S/C30H49N5O6S/c1-23-18-27(40-5)19-24(2)29(23)42(38,39)35-11-7-6-8-26(35)20-41-21-28(37)33-12-9-30(10-13-33,22-31-25(3)36)34-16-14-32(4)15-17-34/h18-19,26H,6-17,20-22H2,1-5H3,(H,31,36). The quantitative estimate of drug-likeness (QED) is 0.427. The molecular weight excluding hydrogens is 558 g/mol. The second-order valence-corrected chi connectivity index (χ2v) is 14.0. The van der Waals surface area contributed by atoms with Crippen LogP contribution in [0.2, 0.25) is 0 Å². The Labute approximate surface area is 251 Å². The summed E-state index contributed by atoms with van der Waals surface area (Å²) in [6.45, 7) is 11.4. The van der Waals surface area contributed by atoms with E-state index in [-0.39, 0.29) is 36.6 Å². The van der Waals surface area contributed by atoms with Crippen LogP contribution >= 0.6 is 0 Å². The molecule has 4 rings (SSSR count). The van der Waals surface area contributed by atoms with Crippen LogP contribution in [0.5, 0.6) is 5.75 Å². The molecule has 1 unspecified atom stereocenters. The van der Waals surface area contributed by atoms with Gasteiger partial charge in [0.25, 0.3) is 0 Å². The Hall–Kier alpha value is -2.25. The summed E-state index contributed by atoms with van der Waals surface area (Å²) in [5, 5.41) is 3.04. The van der Waals surface area contributed by atoms with Crippen molar-refractivity contribution in [3.63, 3.8) is 0 Å².